The molecule has 1 aliphatic rings. The molecule has 8 heteroatoms. The van der Waals surface area contributed by atoms with Crippen LogP contribution >= 0.6 is 0 Å². The Balaban J connectivity index is 1.44. The van der Waals surface area contributed by atoms with Crippen molar-refractivity contribution in [2.24, 2.45) is 0 Å². The molecule has 0 spiro atoms. The number of carbonyl (C=O) groups excluding carboxylic acids is 2. The highest BCUT2D eigenvalue weighted by molar-refractivity contribution is 5.94. The van der Waals surface area contributed by atoms with Gasteiger partial charge in [0.05, 0.1) is 0 Å². The Bertz CT molecular complexity index is 1500. The van der Waals surface area contributed by atoms with Crippen molar-refractivity contribution in [2.75, 3.05) is 6.61 Å². The van der Waals surface area contributed by atoms with Crippen LogP contribution in [-0.2, 0) is 20.7 Å². The molecule has 1 atom stereocenters. The predicted molar refractivity (Wildman–Crippen MR) is 147 cm³/mol. The minimum absolute atomic E-state index is 0.0639. The number of aromatic nitrogens is 1. The van der Waals surface area contributed by atoms with Gasteiger partial charge in [-0.3, -0.25) is 0 Å². The van der Waals surface area contributed by atoms with Crippen LogP contribution in [0.2, 0.25) is 0 Å². The first-order chi connectivity index (χ1) is 18.6. The van der Waals surface area contributed by atoms with Gasteiger partial charge in [-0.2, -0.15) is 4.90 Å². The number of carbonyl (C=O) groups is 3. The molecular formula is C31H30N2O6. The van der Waals surface area contributed by atoms with Crippen molar-refractivity contribution in [1.29, 1.82) is 0 Å². The Labute approximate surface area is 226 Å². The molecule has 8 nitrogen and oxygen atoms in total. The van der Waals surface area contributed by atoms with Gasteiger partial charge in [0, 0.05) is 29.4 Å². The van der Waals surface area contributed by atoms with E-state index >= 15 is 0 Å². The number of amides is 2. The third-order valence-electron chi connectivity index (χ3n) is 6.81. The predicted octanol–water partition coefficient (Wildman–Crippen LogP) is 6.35. The number of ether oxygens (including phenoxy) is 2. The van der Waals surface area contributed by atoms with Crippen LogP contribution in [0.5, 0.6) is 0 Å². The van der Waals surface area contributed by atoms with E-state index in [-0.39, 0.29) is 18.9 Å². The SMILES string of the molecule is CC(C)(C)OC(=O)N(C(=O)OCC1c2ccccc2-c2ccccc21)[C@@H](Cc1c[nH]c2ccccc12)C(=O)O. The molecule has 0 saturated heterocycles. The lowest BCUT2D eigenvalue weighted by Gasteiger charge is -2.29. The van der Waals surface area contributed by atoms with Crippen molar-refractivity contribution in [1.82, 2.24) is 9.88 Å². The average molecular weight is 527 g/mol. The second-order valence-electron chi connectivity index (χ2n) is 10.6. The number of carboxylic acid groups (broad SMARTS) is 1. The van der Waals surface area contributed by atoms with Crippen LogP contribution in [-0.4, -0.2) is 51.4 Å². The van der Waals surface area contributed by atoms with Crippen molar-refractivity contribution in [2.45, 2.75) is 44.8 Å². The second-order valence-corrected chi connectivity index (χ2v) is 10.6. The number of hydrogen-bond acceptors (Lipinski definition) is 5. The number of aromatic amines is 1. The van der Waals surface area contributed by atoms with Gasteiger partial charge in [0.2, 0.25) is 0 Å². The monoisotopic (exact) mass is 526 g/mol. The first kappa shape index (κ1) is 26.0. The number of imide groups is 1. The van der Waals surface area contributed by atoms with E-state index in [1.807, 2.05) is 72.8 Å². The van der Waals surface area contributed by atoms with Crippen LogP contribution in [0.3, 0.4) is 0 Å². The maximum Gasteiger partial charge on any atom is 0.420 e. The molecule has 0 aliphatic heterocycles. The number of rotatable bonds is 6. The summed E-state index contributed by atoms with van der Waals surface area (Å²) in [5, 5.41) is 11.0. The third kappa shape index (κ3) is 5.23. The highest BCUT2D eigenvalue weighted by Crippen LogP contribution is 2.44. The molecule has 39 heavy (non-hydrogen) atoms. The van der Waals surface area contributed by atoms with Gasteiger partial charge in [-0.1, -0.05) is 66.7 Å². The molecule has 200 valence electrons. The molecule has 0 fully saturated rings. The van der Waals surface area contributed by atoms with Crippen molar-refractivity contribution in [3.8, 4) is 11.1 Å². The standard InChI is InChI=1S/C31H30N2O6/c1-31(2,3)39-30(37)33(27(28(34)35)16-19-17-32-26-15-9-8-10-20(19)26)29(36)38-18-25-23-13-6-4-11-21(23)22-12-5-7-14-24(22)25/h4-15,17,25,27,32H,16,18H2,1-3H3,(H,34,35)/t27-/m0/s1. The third-order valence-corrected chi connectivity index (χ3v) is 6.81. The number of hydrogen-bond donors (Lipinski definition) is 2. The lowest BCUT2D eigenvalue weighted by atomic mass is 9.98. The molecule has 5 rings (SSSR count). The van der Waals surface area contributed by atoms with Crippen molar-refractivity contribution < 1.29 is 29.0 Å². The van der Waals surface area contributed by atoms with Gasteiger partial charge in [0.15, 0.2) is 0 Å². The smallest absolute Gasteiger partial charge is 0.420 e. The largest absolute Gasteiger partial charge is 0.480 e. The topological polar surface area (TPSA) is 109 Å². The molecule has 2 amide bonds. The zero-order valence-electron chi connectivity index (χ0n) is 22.0. The zero-order valence-corrected chi connectivity index (χ0v) is 22.0. The molecule has 4 aromatic rings. The number of benzene rings is 3. The van der Waals surface area contributed by atoms with Crippen LogP contribution < -0.4 is 0 Å². The molecule has 0 unspecified atom stereocenters. The average Bonchev–Trinajstić information content (AvgIpc) is 3.45. The number of nitrogens with one attached hydrogen (secondary N) is 1. The summed E-state index contributed by atoms with van der Waals surface area (Å²) in [6.45, 7) is 4.88. The zero-order chi connectivity index (χ0) is 27.7. The Morgan fingerprint density at radius 3 is 2.10 bits per heavy atom. The number of aliphatic carboxylic acids is 1. The molecule has 3 aromatic carbocycles. The summed E-state index contributed by atoms with van der Waals surface area (Å²) in [4.78, 5) is 43.0. The van der Waals surface area contributed by atoms with E-state index in [0.29, 0.717) is 10.5 Å². The number of carboxylic acids is 1. The van der Waals surface area contributed by atoms with Crippen LogP contribution in [0.25, 0.3) is 22.0 Å². The van der Waals surface area contributed by atoms with Crippen LogP contribution in [0, 0.1) is 0 Å². The molecule has 1 aliphatic carbocycles. The normalized spacial score (nSPS) is 13.4. The quantitative estimate of drug-likeness (QED) is 0.303. The number of para-hydroxylation sites is 1. The molecule has 1 aromatic heterocycles. The van der Waals surface area contributed by atoms with Crippen molar-refractivity contribution >= 4 is 29.1 Å². The maximum atomic E-state index is 13.5. The van der Waals surface area contributed by atoms with Crippen LogP contribution in [0.4, 0.5) is 9.59 Å². The van der Waals surface area contributed by atoms with Gasteiger partial charge in [0.25, 0.3) is 0 Å². The summed E-state index contributed by atoms with van der Waals surface area (Å²) in [6.07, 6.45) is -0.584. The van der Waals surface area contributed by atoms with Gasteiger partial charge < -0.3 is 19.6 Å². The van der Waals surface area contributed by atoms with E-state index in [4.69, 9.17) is 9.47 Å². The molecule has 1 heterocycles. The van der Waals surface area contributed by atoms with Crippen LogP contribution in [0.1, 0.15) is 43.4 Å². The Kier molecular flexibility index (Phi) is 6.87. The fourth-order valence-corrected chi connectivity index (χ4v) is 5.10. The van der Waals surface area contributed by atoms with Gasteiger partial charge in [-0.15, -0.1) is 0 Å². The van der Waals surface area contributed by atoms with E-state index < -0.39 is 29.8 Å². The van der Waals surface area contributed by atoms with E-state index in [1.54, 1.807) is 27.0 Å². The number of nitrogens with zero attached hydrogens (tertiary/aromatic N) is 1. The minimum atomic E-state index is -1.55. The Morgan fingerprint density at radius 2 is 1.49 bits per heavy atom. The summed E-state index contributed by atoms with van der Waals surface area (Å²) in [6, 6.07) is 21.6. The lowest BCUT2D eigenvalue weighted by molar-refractivity contribution is -0.142. The molecular weight excluding hydrogens is 496 g/mol. The summed E-state index contributed by atoms with van der Waals surface area (Å²) in [7, 11) is 0. The summed E-state index contributed by atoms with van der Waals surface area (Å²) < 4.78 is 11.1. The van der Waals surface area contributed by atoms with Crippen molar-refractivity contribution in [3.05, 3.63) is 95.7 Å². The van der Waals surface area contributed by atoms with Gasteiger partial charge in [0.1, 0.15) is 18.2 Å². The van der Waals surface area contributed by atoms with Crippen molar-refractivity contribution in [3.63, 3.8) is 0 Å². The van der Waals surface area contributed by atoms with E-state index in [1.165, 1.54) is 0 Å². The van der Waals surface area contributed by atoms with E-state index in [0.717, 1.165) is 33.2 Å². The second kappa shape index (κ2) is 10.3. The van der Waals surface area contributed by atoms with Gasteiger partial charge >= 0.3 is 18.2 Å². The fraction of sp³-hybridized carbons (Fsp3) is 0.258. The summed E-state index contributed by atoms with van der Waals surface area (Å²) in [5.41, 5.74) is 4.64. The molecule has 2 N–H and O–H groups in total. The minimum Gasteiger partial charge on any atom is -0.480 e. The first-order valence-electron chi connectivity index (χ1n) is 12.8. The maximum absolute atomic E-state index is 13.5. The summed E-state index contributed by atoms with van der Waals surface area (Å²) in [5.74, 6) is -1.60. The van der Waals surface area contributed by atoms with Crippen LogP contribution in [0.15, 0.2) is 79.0 Å². The van der Waals surface area contributed by atoms with Gasteiger partial charge in [-0.05, 0) is 54.7 Å². The van der Waals surface area contributed by atoms with E-state index in [2.05, 4.69) is 4.98 Å². The van der Waals surface area contributed by atoms with E-state index in [9.17, 15) is 19.5 Å². The Morgan fingerprint density at radius 1 is 0.897 bits per heavy atom. The fourth-order valence-electron chi connectivity index (χ4n) is 5.10. The van der Waals surface area contributed by atoms with Gasteiger partial charge in [-0.25, -0.2) is 14.4 Å². The highest BCUT2D eigenvalue weighted by atomic mass is 16.6. The molecule has 0 bridgehead atoms. The first-order valence-corrected chi connectivity index (χ1v) is 12.8. The highest BCUT2D eigenvalue weighted by Gasteiger charge is 2.40. The summed E-state index contributed by atoms with van der Waals surface area (Å²) >= 11 is 0. The Hall–Kier alpha value is -4.59. The molecule has 0 saturated carbocycles. The lowest BCUT2D eigenvalue weighted by Crippen LogP contribution is -2.51. The number of fused-ring (bicyclic) bond motifs is 4. The number of H-pyrrole nitrogens is 1. The molecule has 0 radical (unpaired) electrons.